The minimum Gasteiger partial charge on any atom is -0.328 e. The number of hydrogen-bond donors (Lipinski definition) is 1. The van der Waals surface area contributed by atoms with E-state index >= 15 is 0 Å². The summed E-state index contributed by atoms with van der Waals surface area (Å²) in [5.74, 6) is 0. The van der Waals surface area contributed by atoms with Crippen LogP contribution in [0.25, 0.3) is 0 Å². The van der Waals surface area contributed by atoms with Crippen molar-refractivity contribution in [1.29, 1.82) is 0 Å². The van der Waals surface area contributed by atoms with Gasteiger partial charge in [0, 0.05) is 6.04 Å². The van der Waals surface area contributed by atoms with E-state index in [1.807, 2.05) is 6.92 Å². The Morgan fingerprint density at radius 2 is 1.88 bits per heavy atom. The predicted octanol–water partition coefficient (Wildman–Crippen LogP) is 3.29. The van der Waals surface area contributed by atoms with Crippen molar-refractivity contribution in [3.05, 3.63) is 34.9 Å². The van der Waals surface area contributed by atoms with Gasteiger partial charge in [-0.15, -0.1) is 0 Å². The number of nitrogens with two attached hydrogens (primary N) is 1. The highest BCUT2D eigenvalue weighted by Gasteiger charge is 2.30. The summed E-state index contributed by atoms with van der Waals surface area (Å²) in [6.07, 6.45) is -2.99. The average molecular weight is 231 g/mol. The summed E-state index contributed by atoms with van der Waals surface area (Å²) in [5, 5.41) is 0. The van der Waals surface area contributed by atoms with E-state index < -0.39 is 11.7 Å². The first-order chi connectivity index (χ1) is 7.29. The van der Waals surface area contributed by atoms with Crippen LogP contribution in [-0.4, -0.2) is 6.04 Å². The van der Waals surface area contributed by atoms with Crippen molar-refractivity contribution in [3.8, 4) is 0 Å². The molecule has 16 heavy (non-hydrogen) atoms. The molecule has 0 radical (unpaired) electrons. The molecule has 0 aliphatic rings. The molecule has 0 spiro atoms. The Hall–Kier alpha value is -1.03. The number of alkyl halides is 3. The number of benzene rings is 1. The van der Waals surface area contributed by atoms with Gasteiger partial charge in [0.25, 0.3) is 0 Å². The lowest BCUT2D eigenvalue weighted by Crippen LogP contribution is -2.15. The van der Waals surface area contributed by atoms with E-state index in [0.29, 0.717) is 24.0 Å². The Labute approximate surface area is 93.5 Å². The zero-order chi connectivity index (χ0) is 12.3. The molecule has 0 saturated carbocycles. The summed E-state index contributed by atoms with van der Waals surface area (Å²) in [6.45, 7) is 3.52. The monoisotopic (exact) mass is 231 g/mol. The van der Waals surface area contributed by atoms with Crippen LogP contribution < -0.4 is 5.73 Å². The maximum Gasteiger partial charge on any atom is 0.416 e. The fraction of sp³-hybridized carbons (Fsp3) is 0.500. The average Bonchev–Trinajstić information content (AvgIpc) is 2.12. The van der Waals surface area contributed by atoms with E-state index in [4.69, 9.17) is 5.73 Å². The summed E-state index contributed by atoms with van der Waals surface area (Å²) in [6, 6.07) is 4.15. The lowest BCUT2D eigenvalue weighted by molar-refractivity contribution is -0.137. The summed E-state index contributed by atoms with van der Waals surface area (Å²) in [4.78, 5) is 0. The molecular formula is C12H16F3N. The summed E-state index contributed by atoms with van der Waals surface area (Å²) in [7, 11) is 0. The number of aryl methyl sites for hydroxylation is 2. The van der Waals surface area contributed by atoms with Gasteiger partial charge in [0.1, 0.15) is 0 Å². The third kappa shape index (κ3) is 3.85. The lowest BCUT2D eigenvalue weighted by Gasteiger charge is -2.11. The Bertz CT molecular complexity index is 356. The van der Waals surface area contributed by atoms with Gasteiger partial charge in [-0.1, -0.05) is 11.6 Å². The lowest BCUT2D eigenvalue weighted by atomic mass is 10.0. The smallest absolute Gasteiger partial charge is 0.328 e. The van der Waals surface area contributed by atoms with Crippen LogP contribution in [0.2, 0.25) is 0 Å². The molecule has 0 heterocycles. The van der Waals surface area contributed by atoms with Gasteiger partial charge in [-0.3, -0.25) is 0 Å². The van der Waals surface area contributed by atoms with Crippen molar-refractivity contribution in [2.75, 3.05) is 0 Å². The number of rotatable bonds is 3. The first kappa shape index (κ1) is 13.0. The van der Waals surface area contributed by atoms with Gasteiger partial charge in [0.15, 0.2) is 0 Å². The van der Waals surface area contributed by atoms with Crippen LogP contribution in [0.3, 0.4) is 0 Å². The van der Waals surface area contributed by atoms with Gasteiger partial charge >= 0.3 is 6.18 Å². The maximum atomic E-state index is 12.5. The molecule has 1 rings (SSSR count). The third-order valence-corrected chi connectivity index (χ3v) is 2.35. The molecule has 0 bridgehead atoms. The second-order valence-electron chi connectivity index (χ2n) is 4.22. The molecule has 0 fully saturated rings. The van der Waals surface area contributed by atoms with Crippen molar-refractivity contribution in [1.82, 2.24) is 0 Å². The Kier molecular flexibility index (Phi) is 3.97. The van der Waals surface area contributed by atoms with Crippen LogP contribution in [0.1, 0.15) is 30.0 Å². The summed E-state index contributed by atoms with van der Waals surface area (Å²) >= 11 is 0. The van der Waals surface area contributed by atoms with Crippen molar-refractivity contribution in [2.24, 2.45) is 5.73 Å². The highest BCUT2D eigenvalue weighted by Crippen LogP contribution is 2.30. The molecule has 0 aliphatic heterocycles. The molecule has 0 amide bonds. The molecule has 2 N–H and O–H groups in total. The quantitative estimate of drug-likeness (QED) is 0.848. The van der Waals surface area contributed by atoms with Gasteiger partial charge in [-0.2, -0.15) is 13.2 Å². The van der Waals surface area contributed by atoms with E-state index in [1.165, 1.54) is 6.07 Å². The topological polar surface area (TPSA) is 26.0 Å². The van der Waals surface area contributed by atoms with Gasteiger partial charge < -0.3 is 5.73 Å². The number of halogens is 3. The molecule has 0 aromatic heterocycles. The normalized spacial score (nSPS) is 13.9. The molecule has 1 atom stereocenters. The minimum atomic E-state index is -4.27. The van der Waals surface area contributed by atoms with Gasteiger partial charge in [0.2, 0.25) is 0 Å². The molecule has 90 valence electrons. The first-order valence-electron chi connectivity index (χ1n) is 5.22. The molecule has 1 nitrogen and oxygen atoms in total. The molecular weight excluding hydrogens is 215 g/mol. The molecule has 0 aliphatic carbocycles. The molecule has 0 unspecified atom stereocenters. The van der Waals surface area contributed by atoms with Crippen molar-refractivity contribution in [3.63, 3.8) is 0 Å². The molecule has 0 saturated heterocycles. The van der Waals surface area contributed by atoms with Crippen LogP contribution in [0.15, 0.2) is 18.2 Å². The van der Waals surface area contributed by atoms with Crippen LogP contribution in [-0.2, 0) is 12.6 Å². The molecule has 1 aromatic rings. The van der Waals surface area contributed by atoms with E-state index in [0.717, 1.165) is 6.07 Å². The highest BCUT2D eigenvalue weighted by atomic mass is 19.4. The first-order valence-corrected chi connectivity index (χ1v) is 5.22. The second-order valence-corrected chi connectivity index (χ2v) is 4.22. The second kappa shape index (κ2) is 4.87. The zero-order valence-electron chi connectivity index (χ0n) is 9.43. The standard InChI is InChI=1S/C12H16F3N/c1-8-5-10(4-3-9(2)16)7-11(6-8)12(13,14)15/h5-7,9H,3-4,16H2,1-2H3/t9-/m1/s1. The van der Waals surface area contributed by atoms with Gasteiger partial charge in [0.05, 0.1) is 5.56 Å². The highest BCUT2D eigenvalue weighted by molar-refractivity contribution is 5.31. The van der Waals surface area contributed by atoms with Crippen LogP contribution in [0, 0.1) is 6.92 Å². The Balaban J connectivity index is 2.90. The van der Waals surface area contributed by atoms with Crippen LogP contribution in [0.4, 0.5) is 13.2 Å². The predicted molar refractivity (Wildman–Crippen MR) is 58.2 cm³/mol. The van der Waals surface area contributed by atoms with Gasteiger partial charge in [-0.25, -0.2) is 0 Å². The largest absolute Gasteiger partial charge is 0.416 e. The van der Waals surface area contributed by atoms with E-state index in [9.17, 15) is 13.2 Å². The Morgan fingerprint density at radius 3 is 2.38 bits per heavy atom. The zero-order valence-corrected chi connectivity index (χ0v) is 9.43. The Morgan fingerprint density at radius 1 is 1.25 bits per heavy atom. The van der Waals surface area contributed by atoms with Crippen molar-refractivity contribution >= 4 is 0 Å². The fourth-order valence-electron chi connectivity index (χ4n) is 1.56. The third-order valence-electron chi connectivity index (χ3n) is 2.35. The van der Waals surface area contributed by atoms with Crippen LogP contribution in [0.5, 0.6) is 0 Å². The minimum absolute atomic E-state index is 0.00912. The van der Waals surface area contributed by atoms with E-state index in [1.54, 1.807) is 13.0 Å². The van der Waals surface area contributed by atoms with Crippen molar-refractivity contribution in [2.45, 2.75) is 38.9 Å². The van der Waals surface area contributed by atoms with Crippen LogP contribution >= 0.6 is 0 Å². The molecule has 4 heteroatoms. The fourth-order valence-corrected chi connectivity index (χ4v) is 1.56. The maximum absolute atomic E-state index is 12.5. The van der Waals surface area contributed by atoms with E-state index in [2.05, 4.69) is 0 Å². The summed E-state index contributed by atoms with van der Waals surface area (Å²) < 4.78 is 37.6. The van der Waals surface area contributed by atoms with Crippen molar-refractivity contribution < 1.29 is 13.2 Å². The molecule has 1 aromatic carbocycles. The summed E-state index contributed by atoms with van der Waals surface area (Å²) in [5.41, 5.74) is 6.34. The SMILES string of the molecule is Cc1cc(CC[C@@H](C)N)cc(C(F)(F)F)c1. The van der Waals surface area contributed by atoms with Gasteiger partial charge in [-0.05, 0) is 44.4 Å². The number of hydrogen-bond acceptors (Lipinski definition) is 1. The van der Waals surface area contributed by atoms with E-state index in [-0.39, 0.29) is 6.04 Å².